The molecule has 0 unspecified atom stereocenters. The molecular formula is C9H18O. The normalized spacial score (nSPS) is 9.40. The summed E-state index contributed by atoms with van der Waals surface area (Å²) in [4.78, 5) is 0. The number of ether oxygens (including phenoxy) is 1. The highest BCUT2D eigenvalue weighted by Gasteiger charge is 1.89. The highest BCUT2D eigenvalue weighted by molar-refractivity contribution is 4.79. The van der Waals surface area contributed by atoms with E-state index in [0.717, 1.165) is 25.2 Å². The first-order valence-electron chi connectivity index (χ1n) is 4.11. The molecule has 0 aliphatic carbocycles. The largest absolute Gasteiger partial charge is 0.499 e. The Kier molecular flexibility index (Phi) is 6.35. The number of unbranched alkanes of at least 4 members (excludes halogenated alkanes) is 2. The van der Waals surface area contributed by atoms with E-state index in [9.17, 15) is 0 Å². The van der Waals surface area contributed by atoms with Crippen LogP contribution in [0.4, 0.5) is 0 Å². The fourth-order valence-electron chi connectivity index (χ4n) is 0.671. The van der Waals surface area contributed by atoms with E-state index in [-0.39, 0.29) is 0 Å². The van der Waals surface area contributed by atoms with Gasteiger partial charge in [0.2, 0.25) is 0 Å². The standard InChI is InChI=1S/C9H18O/c1-4-6-7-8-10-9(3)5-2/h3-8H2,1-2H3. The topological polar surface area (TPSA) is 9.23 Å². The molecule has 0 heterocycles. The highest BCUT2D eigenvalue weighted by atomic mass is 16.5. The van der Waals surface area contributed by atoms with E-state index in [2.05, 4.69) is 20.4 Å². The van der Waals surface area contributed by atoms with Crippen molar-refractivity contribution in [1.29, 1.82) is 0 Å². The number of hydrogen-bond donors (Lipinski definition) is 0. The Bertz CT molecular complexity index is 86.7. The molecule has 0 spiro atoms. The highest BCUT2D eigenvalue weighted by Crippen LogP contribution is 2.01. The second-order valence-electron chi connectivity index (χ2n) is 2.45. The molecule has 0 aromatic heterocycles. The van der Waals surface area contributed by atoms with Crippen LogP contribution in [-0.4, -0.2) is 6.61 Å². The number of rotatable bonds is 6. The second kappa shape index (κ2) is 6.66. The molecule has 0 aromatic carbocycles. The fraction of sp³-hybridized carbons (Fsp3) is 0.778. The lowest BCUT2D eigenvalue weighted by molar-refractivity contribution is 0.200. The van der Waals surface area contributed by atoms with E-state index in [4.69, 9.17) is 4.74 Å². The van der Waals surface area contributed by atoms with Crippen molar-refractivity contribution < 1.29 is 4.74 Å². The maximum atomic E-state index is 5.30. The molecule has 0 aromatic rings. The van der Waals surface area contributed by atoms with Crippen LogP contribution in [0.3, 0.4) is 0 Å². The van der Waals surface area contributed by atoms with Gasteiger partial charge in [0.1, 0.15) is 0 Å². The summed E-state index contributed by atoms with van der Waals surface area (Å²) in [5.74, 6) is 0.913. The van der Waals surface area contributed by atoms with Crippen LogP contribution in [0.2, 0.25) is 0 Å². The van der Waals surface area contributed by atoms with Gasteiger partial charge in [-0.15, -0.1) is 0 Å². The third-order valence-electron chi connectivity index (χ3n) is 1.45. The lowest BCUT2D eigenvalue weighted by atomic mass is 10.3. The van der Waals surface area contributed by atoms with Crippen LogP contribution < -0.4 is 0 Å². The van der Waals surface area contributed by atoms with Crippen molar-refractivity contribution in [2.75, 3.05) is 6.61 Å². The molecule has 1 nitrogen and oxygen atoms in total. The second-order valence-corrected chi connectivity index (χ2v) is 2.45. The SMILES string of the molecule is C=C(CC)OCCCCC. The molecule has 0 aliphatic heterocycles. The third kappa shape index (κ3) is 5.67. The van der Waals surface area contributed by atoms with Gasteiger partial charge in [0.25, 0.3) is 0 Å². The molecular weight excluding hydrogens is 124 g/mol. The van der Waals surface area contributed by atoms with Crippen molar-refractivity contribution in [2.24, 2.45) is 0 Å². The molecule has 0 N–H and O–H groups in total. The maximum Gasteiger partial charge on any atom is 0.0885 e. The Hall–Kier alpha value is -0.460. The van der Waals surface area contributed by atoms with Crippen LogP contribution in [0, 0.1) is 0 Å². The van der Waals surface area contributed by atoms with Gasteiger partial charge in [-0.2, -0.15) is 0 Å². The van der Waals surface area contributed by atoms with Crippen LogP contribution in [0.25, 0.3) is 0 Å². The molecule has 0 atom stereocenters. The van der Waals surface area contributed by atoms with E-state index in [1.165, 1.54) is 12.8 Å². The van der Waals surface area contributed by atoms with Crippen molar-refractivity contribution in [3.63, 3.8) is 0 Å². The van der Waals surface area contributed by atoms with Crippen molar-refractivity contribution in [2.45, 2.75) is 39.5 Å². The minimum absolute atomic E-state index is 0.848. The summed E-state index contributed by atoms with van der Waals surface area (Å²) < 4.78 is 5.30. The summed E-state index contributed by atoms with van der Waals surface area (Å²) in [5, 5.41) is 0. The molecule has 10 heavy (non-hydrogen) atoms. The summed E-state index contributed by atoms with van der Waals surface area (Å²) >= 11 is 0. The predicted octanol–water partition coefficient (Wildman–Crippen LogP) is 3.12. The molecule has 0 aliphatic rings. The van der Waals surface area contributed by atoms with Gasteiger partial charge in [-0.1, -0.05) is 33.3 Å². The molecule has 0 bridgehead atoms. The summed E-state index contributed by atoms with van der Waals surface area (Å²) in [7, 11) is 0. The van der Waals surface area contributed by atoms with E-state index in [0.29, 0.717) is 0 Å². The van der Waals surface area contributed by atoms with Gasteiger partial charge >= 0.3 is 0 Å². The Morgan fingerprint density at radius 1 is 1.30 bits per heavy atom. The average molecular weight is 142 g/mol. The van der Waals surface area contributed by atoms with Crippen molar-refractivity contribution in [3.05, 3.63) is 12.3 Å². The van der Waals surface area contributed by atoms with Gasteiger partial charge in [-0.3, -0.25) is 0 Å². The molecule has 60 valence electrons. The van der Waals surface area contributed by atoms with Crippen LogP contribution >= 0.6 is 0 Å². The first-order chi connectivity index (χ1) is 4.81. The zero-order chi connectivity index (χ0) is 7.82. The fourth-order valence-corrected chi connectivity index (χ4v) is 0.671. The van der Waals surface area contributed by atoms with Crippen molar-refractivity contribution in [1.82, 2.24) is 0 Å². The molecule has 0 saturated carbocycles. The molecule has 1 heteroatoms. The molecule has 0 fully saturated rings. The summed E-state index contributed by atoms with van der Waals surface area (Å²) in [6.07, 6.45) is 4.61. The first kappa shape index (κ1) is 9.54. The molecule has 0 amide bonds. The summed E-state index contributed by atoms with van der Waals surface area (Å²) in [6.45, 7) is 8.84. The van der Waals surface area contributed by atoms with Crippen LogP contribution in [0.1, 0.15) is 39.5 Å². The minimum Gasteiger partial charge on any atom is -0.499 e. The van der Waals surface area contributed by atoms with Crippen molar-refractivity contribution >= 4 is 0 Å². The molecule has 0 rings (SSSR count). The monoisotopic (exact) mass is 142 g/mol. The molecule has 0 saturated heterocycles. The average Bonchev–Trinajstić information content (AvgIpc) is 1.98. The summed E-state index contributed by atoms with van der Waals surface area (Å²) in [6, 6.07) is 0. The van der Waals surface area contributed by atoms with Crippen LogP contribution in [-0.2, 0) is 4.74 Å². The van der Waals surface area contributed by atoms with E-state index >= 15 is 0 Å². The van der Waals surface area contributed by atoms with Crippen molar-refractivity contribution in [3.8, 4) is 0 Å². The lowest BCUT2D eigenvalue weighted by Gasteiger charge is -2.05. The Morgan fingerprint density at radius 3 is 2.50 bits per heavy atom. The van der Waals surface area contributed by atoms with Gasteiger partial charge in [0, 0.05) is 6.42 Å². The maximum absolute atomic E-state index is 5.30. The Balaban J connectivity index is 2.96. The van der Waals surface area contributed by atoms with Gasteiger partial charge in [0.15, 0.2) is 0 Å². The molecule has 0 radical (unpaired) electrons. The van der Waals surface area contributed by atoms with Gasteiger partial charge in [-0.05, 0) is 6.42 Å². The zero-order valence-electron chi connectivity index (χ0n) is 7.15. The van der Waals surface area contributed by atoms with E-state index < -0.39 is 0 Å². The van der Waals surface area contributed by atoms with Gasteiger partial charge in [0.05, 0.1) is 12.4 Å². The van der Waals surface area contributed by atoms with Gasteiger partial charge < -0.3 is 4.74 Å². The number of allylic oxidation sites excluding steroid dienone is 1. The lowest BCUT2D eigenvalue weighted by Crippen LogP contribution is -1.92. The van der Waals surface area contributed by atoms with Crippen LogP contribution in [0.15, 0.2) is 12.3 Å². The Labute approximate surface area is 64.1 Å². The minimum atomic E-state index is 0.848. The quantitative estimate of drug-likeness (QED) is 0.409. The Morgan fingerprint density at radius 2 is 2.00 bits per heavy atom. The van der Waals surface area contributed by atoms with Crippen LogP contribution in [0.5, 0.6) is 0 Å². The van der Waals surface area contributed by atoms with Gasteiger partial charge in [-0.25, -0.2) is 0 Å². The predicted molar refractivity (Wildman–Crippen MR) is 44.9 cm³/mol. The van der Waals surface area contributed by atoms with E-state index in [1.807, 2.05) is 0 Å². The first-order valence-corrected chi connectivity index (χ1v) is 4.11. The summed E-state index contributed by atoms with van der Waals surface area (Å²) in [5.41, 5.74) is 0. The smallest absolute Gasteiger partial charge is 0.0885 e. The zero-order valence-corrected chi connectivity index (χ0v) is 7.15. The van der Waals surface area contributed by atoms with E-state index in [1.54, 1.807) is 0 Å². The number of hydrogen-bond acceptors (Lipinski definition) is 1. The third-order valence-corrected chi connectivity index (χ3v) is 1.45.